The van der Waals surface area contributed by atoms with E-state index in [1.807, 2.05) is 19.9 Å². The molecule has 1 atom stereocenters. The maximum absolute atomic E-state index is 13.8. The summed E-state index contributed by atoms with van der Waals surface area (Å²) in [5.41, 5.74) is 1.31. The number of esters is 2. The molecule has 12 heteroatoms. The Hall–Kier alpha value is -3.65. The van der Waals surface area contributed by atoms with Crippen LogP contribution in [0.15, 0.2) is 58.0 Å². The highest BCUT2D eigenvalue weighted by atomic mass is 127. The van der Waals surface area contributed by atoms with Crippen molar-refractivity contribution in [1.82, 2.24) is 4.57 Å². The summed E-state index contributed by atoms with van der Waals surface area (Å²) < 4.78 is 29.3. The number of rotatable bonds is 10. The summed E-state index contributed by atoms with van der Waals surface area (Å²) in [6, 6.07) is 9.90. The SMILES string of the molecule is CCOc1ccc([C@H]2C(C(=O)OC)=CN=c3s/c(=C\c4ccc(OCC(=O)OC)c(I)c4)c(=O)n32)cc1OCC. The fraction of sp³-hybridized carbons (Fsp3) is 0.286. The number of carbonyl (C=O) groups excluding carboxylic acids is 2. The molecule has 1 aliphatic rings. The predicted octanol–water partition coefficient (Wildman–Crippen LogP) is 2.97. The van der Waals surface area contributed by atoms with Crippen LogP contribution in [0.25, 0.3) is 6.08 Å². The van der Waals surface area contributed by atoms with Gasteiger partial charge in [0.15, 0.2) is 22.9 Å². The van der Waals surface area contributed by atoms with Crippen molar-refractivity contribution in [2.75, 3.05) is 34.0 Å². The summed E-state index contributed by atoms with van der Waals surface area (Å²) in [6.45, 7) is 4.41. The second-order valence-electron chi connectivity index (χ2n) is 8.30. The second kappa shape index (κ2) is 13.1. The maximum Gasteiger partial charge on any atom is 0.343 e. The minimum absolute atomic E-state index is 0.205. The molecule has 0 fully saturated rings. The van der Waals surface area contributed by atoms with Gasteiger partial charge in [-0.15, -0.1) is 0 Å². The van der Waals surface area contributed by atoms with Crippen molar-refractivity contribution in [2.24, 2.45) is 4.99 Å². The van der Waals surface area contributed by atoms with Crippen LogP contribution >= 0.6 is 33.9 Å². The molecule has 3 aromatic rings. The summed E-state index contributed by atoms with van der Waals surface area (Å²) in [5, 5.41) is 0. The Kier molecular flexibility index (Phi) is 9.63. The lowest BCUT2D eigenvalue weighted by Crippen LogP contribution is -2.39. The van der Waals surface area contributed by atoms with E-state index in [0.717, 1.165) is 9.13 Å². The third-order valence-corrected chi connectivity index (χ3v) is 7.68. The van der Waals surface area contributed by atoms with Crippen molar-refractivity contribution in [3.8, 4) is 17.2 Å². The monoisotopic (exact) mass is 678 g/mol. The Balaban J connectivity index is 1.79. The first kappa shape index (κ1) is 29.3. The van der Waals surface area contributed by atoms with Crippen molar-refractivity contribution in [3.05, 3.63) is 82.6 Å². The van der Waals surface area contributed by atoms with E-state index in [2.05, 4.69) is 32.3 Å². The van der Waals surface area contributed by atoms with Crippen LogP contribution < -0.4 is 29.1 Å². The minimum Gasteiger partial charge on any atom is -0.490 e. The summed E-state index contributed by atoms with van der Waals surface area (Å²) in [4.78, 5) is 42.8. The Morgan fingerprint density at radius 3 is 2.40 bits per heavy atom. The van der Waals surface area contributed by atoms with Crippen LogP contribution in [0.3, 0.4) is 0 Å². The third kappa shape index (κ3) is 6.22. The summed E-state index contributed by atoms with van der Waals surface area (Å²) in [7, 11) is 2.58. The van der Waals surface area contributed by atoms with Gasteiger partial charge in [-0.3, -0.25) is 9.36 Å². The number of methoxy groups -OCH3 is 2. The Morgan fingerprint density at radius 2 is 1.73 bits per heavy atom. The molecular formula is C28H27IN2O8S. The number of carbonyl (C=O) groups is 2. The van der Waals surface area contributed by atoms with Crippen molar-refractivity contribution in [2.45, 2.75) is 19.9 Å². The molecule has 0 aliphatic carbocycles. The zero-order chi connectivity index (χ0) is 28.8. The number of ether oxygens (including phenoxy) is 5. The molecule has 0 bridgehead atoms. The van der Waals surface area contributed by atoms with Crippen LogP contribution in [0.1, 0.15) is 31.0 Å². The molecule has 1 aliphatic heterocycles. The molecular weight excluding hydrogens is 651 g/mol. The van der Waals surface area contributed by atoms with E-state index in [1.54, 1.807) is 36.4 Å². The fourth-order valence-electron chi connectivity index (χ4n) is 4.06. The molecule has 0 unspecified atom stereocenters. The highest BCUT2D eigenvalue weighted by molar-refractivity contribution is 14.1. The van der Waals surface area contributed by atoms with Gasteiger partial charge in [0.2, 0.25) is 0 Å². The van der Waals surface area contributed by atoms with Gasteiger partial charge in [0.1, 0.15) is 5.75 Å². The molecule has 0 amide bonds. The molecule has 10 nitrogen and oxygen atoms in total. The summed E-state index contributed by atoms with van der Waals surface area (Å²) in [6.07, 6.45) is 3.19. The van der Waals surface area contributed by atoms with Gasteiger partial charge in [0.05, 0.1) is 47.2 Å². The topological polar surface area (TPSA) is 115 Å². The lowest BCUT2D eigenvalue weighted by molar-refractivity contribution is -0.143. The van der Waals surface area contributed by atoms with Gasteiger partial charge in [-0.2, -0.15) is 0 Å². The van der Waals surface area contributed by atoms with Crippen LogP contribution in [-0.4, -0.2) is 50.5 Å². The Labute approximate surface area is 247 Å². The maximum atomic E-state index is 13.8. The normalized spacial score (nSPS) is 14.5. The smallest absolute Gasteiger partial charge is 0.343 e. The van der Waals surface area contributed by atoms with Gasteiger partial charge in [-0.25, -0.2) is 14.6 Å². The van der Waals surface area contributed by atoms with E-state index >= 15 is 0 Å². The van der Waals surface area contributed by atoms with E-state index in [4.69, 9.17) is 18.9 Å². The second-order valence-corrected chi connectivity index (χ2v) is 10.5. The molecule has 2 heterocycles. The average Bonchev–Trinajstić information content (AvgIpc) is 3.27. The molecule has 210 valence electrons. The molecule has 0 N–H and O–H groups in total. The first-order chi connectivity index (χ1) is 19.3. The number of benzene rings is 2. The van der Waals surface area contributed by atoms with Gasteiger partial charge < -0.3 is 23.7 Å². The van der Waals surface area contributed by atoms with Crippen LogP contribution in [0.4, 0.5) is 0 Å². The van der Waals surface area contributed by atoms with Gasteiger partial charge in [0, 0.05) is 6.20 Å². The third-order valence-electron chi connectivity index (χ3n) is 5.83. The fourth-order valence-corrected chi connectivity index (χ4v) is 5.72. The Bertz CT molecular complexity index is 1640. The van der Waals surface area contributed by atoms with Crippen molar-refractivity contribution >= 4 is 51.9 Å². The lowest BCUT2D eigenvalue weighted by atomic mass is 9.97. The lowest BCUT2D eigenvalue weighted by Gasteiger charge is -2.23. The number of aromatic nitrogens is 1. The van der Waals surface area contributed by atoms with Gasteiger partial charge in [0.25, 0.3) is 5.56 Å². The molecule has 0 spiro atoms. The van der Waals surface area contributed by atoms with Gasteiger partial charge >= 0.3 is 11.9 Å². The number of hydrogen-bond donors (Lipinski definition) is 0. The van der Waals surface area contributed by atoms with E-state index in [-0.39, 0.29) is 17.7 Å². The molecule has 0 saturated heterocycles. The Morgan fingerprint density at radius 1 is 1.00 bits per heavy atom. The predicted molar refractivity (Wildman–Crippen MR) is 157 cm³/mol. The molecule has 2 aromatic carbocycles. The van der Waals surface area contributed by atoms with Gasteiger partial charge in [-0.05, 0) is 77.9 Å². The highest BCUT2D eigenvalue weighted by Crippen LogP contribution is 2.35. The molecule has 40 heavy (non-hydrogen) atoms. The first-order valence-electron chi connectivity index (χ1n) is 12.3. The molecule has 0 saturated carbocycles. The summed E-state index contributed by atoms with van der Waals surface area (Å²) >= 11 is 3.31. The van der Waals surface area contributed by atoms with Crippen LogP contribution in [0.2, 0.25) is 0 Å². The molecule has 1 aromatic heterocycles. The molecule has 0 radical (unpaired) electrons. The number of nitrogens with zero attached hydrogens (tertiary/aromatic N) is 2. The van der Waals surface area contributed by atoms with Crippen molar-refractivity contribution in [1.29, 1.82) is 0 Å². The van der Waals surface area contributed by atoms with Crippen LogP contribution in [-0.2, 0) is 19.1 Å². The van der Waals surface area contributed by atoms with E-state index in [1.165, 1.54) is 36.3 Å². The highest BCUT2D eigenvalue weighted by Gasteiger charge is 2.31. The van der Waals surface area contributed by atoms with Gasteiger partial charge in [-0.1, -0.05) is 23.5 Å². The first-order valence-corrected chi connectivity index (χ1v) is 14.2. The van der Waals surface area contributed by atoms with Crippen LogP contribution in [0, 0.1) is 3.57 Å². The average molecular weight is 679 g/mol. The van der Waals surface area contributed by atoms with E-state index < -0.39 is 18.0 Å². The van der Waals surface area contributed by atoms with E-state index in [9.17, 15) is 14.4 Å². The number of fused-ring (bicyclic) bond motifs is 1. The minimum atomic E-state index is -0.782. The number of thiazole rings is 1. The van der Waals surface area contributed by atoms with Crippen molar-refractivity contribution in [3.63, 3.8) is 0 Å². The number of halogens is 1. The largest absolute Gasteiger partial charge is 0.490 e. The quantitative estimate of drug-likeness (QED) is 0.238. The van der Waals surface area contributed by atoms with E-state index in [0.29, 0.717) is 45.4 Å². The number of hydrogen-bond acceptors (Lipinski definition) is 10. The zero-order valence-corrected chi connectivity index (χ0v) is 25.2. The van der Waals surface area contributed by atoms with Crippen LogP contribution in [0.5, 0.6) is 17.2 Å². The molecule has 4 rings (SSSR count). The summed E-state index contributed by atoms with van der Waals surface area (Å²) in [5.74, 6) is 0.523. The standard InChI is InChI=1S/C28H27IN2O8S/c1-5-37-21-10-8-17(13-22(21)38-6-2)25-18(27(34)36-4)14-30-28-31(25)26(33)23(40-28)12-16-7-9-20(19(29)11-16)39-15-24(32)35-3/h7-14,25H,5-6,15H2,1-4H3/b23-12-/t25-/m0/s1. The van der Waals surface area contributed by atoms with Crippen molar-refractivity contribution < 1.29 is 33.3 Å². The zero-order valence-electron chi connectivity index (χ0n) is 22.3.